The average molecular weight is 259 g/mol. The van der Waals surface area contributed by atoms with Gasteiger partial charge >= 0.3 is 0 Å². The van der Waals surface area contributed by atoms with E-state index >= 15 is 0 Å². The molecule has 1 atom stereocenters. The molecule has 3 N–H and O–H groups in total. The molecule has 2 aromatic rings. The zero-order valence-corrected chi connectivity index (χ0v) is 12.1. The zero-order chi connectivity index (χ0) is 14.5. The van der Waals surface area contributed by atoms with Crippen molar-refractivity contribution in [2.24, 2.45) is 5.73 Å². The van der Waals surface area contributed by atoms with Crippen molar-refractivity contribution in [3.05, 3.63) is 71.8 Å². The van der Waals surface area contributed by atoms with Crippen LogP contribution in [0.5, 0.6) is 0 Å². The van der Waals surface area contributed by atoms with Crippen LogP contribution in [0.15, 0.2) is 60.7 Å². The molecule has 0 aliphatic rings. The van der Waals surface area contributed by atoms with Gasteiger partial charge in [-0.05, 0) is 12.5 Å². The summed E-state index contributed by atoms with van der Waals surface area (Å²) >= 11 is 0. The van der Waals surface area contributed by atoms with Crippen LogP contribution >= 0.6 is 0 Å². The van der Waals surface area contributed by atoms with E-state index in [2.05, 4.69) is 19.1 Å². The van der Waals surface area contributed by atoms with Gasteiger partial charge < -0.3 is 10.8 Å². The fraction of sp³-hybridized carbons (Fsp3) is 0.294. The van der Waals surface area contributed by atoms with Gasteiger partial charge in [0.25, 0.3) is 0 Å². The minimum Gasteiger partial charge on any atom is -0.394 e. The van der Waals surface area contributed by atoms with Crippen LogP contribution in [0, 0.1) is 6.92 Å². The maximum Gasteiger partial charge on any atom is 0.0624 e. The SMILES string of the molecule is CC.Cc1ccccc1.NC(CO)c1ccccc1. The number of hydrogen-bond donors (Lipinski definition) is 2. The molecule has 0 fully saturated rings. The predicted molar refractivity (Wildman–Crippen MR) is 83.0 cm³/mol. The molecule has 1 unspecified atom stereocenters. The summed E-state index contributed by atoms with van der Waals surface area (Å²) in [5.74, 6) is 0. The molecule has 0 aliphatic heterocycles. The molecule has 0 aliphatic carbocycles. The Labute approximate surface area is 116 Å². The number of aliphatic hydroxyl groups is 1. The van der Waals surface area contributed by atoms with Crippen molar-refractivity contribution >= 4 is 0 Å². The largest absolute Gasteiger partial charge is 0.394 e. The first-order valence-corrected chi connectivity index (χ1v) is 6.67. The Morgan fingerprint density at radius 2 is 1.32 bits per heavy atom. The number of hydrogen-bond acceptors (Lipinski definition) is 2. The Hall–Kier alpha value is -1.64. The molecule has 0 aromatic heterocycles. The van der Waals surface area contributed by atoms with E-state index in [1.807, 2.05) is 62.4 Å². The summed E-state index contributed by atoms with van der Waals surface area (Å²) in [6.07, 6.45) is 0. The second kappa shape index (κ2) is 11.5. The second-order valence-corrected chi connectivity index (χ2v) is 3.85. The van der Waals surface area contributed by atoms with E-state index in [1.165, 1.54) is 5.56 Å². The van der Waals surface area contributed by atoms with Crippen LogP contribution in [-0.4, -0.2) is 11.7 Å². The molecule has 104 valence electrons. The Bertz CT molecular complexity index is 400. The third-order valence-electron chi connectivity index (χ3n) is 2.36. The van der Waals surface area contributed by atoms with Gasteiger partial charge in [-0.15, -0.1) is 0 Å². The Kier molecular flexibility index (Phi) is 10.5. The predicted octanol–water partition coefficient (Wildman–Crippen LogP) is 3.70. The highest BCUT2D eigenvalue weighted by Gasteiger charge is 2.00. The maximum absolute atomic E-state index is 8.66. The summed E-state index contributed by atoms with van der Waals surface area (Å²) < 4.78 is 0. The summed E-state index contributed by atoms with van der Waals surface area (Å²) in [5.41, 5.74) is 7.84. The lowest BCUT2D eigenvalue weighted by Crippen LogP contribution is -2.13. The number of aliphatic hydroxyl groups excluding tert-OH is 1. The van der Waals surface area contributed by atoms with Gasteiger partial charge in [0.15, 0.2) is 0 Å². The lowest BCUT2D eigenvalue weighted by atomic mass is 10.1. The highest BCUT2D eigenvalue weighted by molar-refractivity contribution is 5.18. The molecule has 0 bridgehead atoms. The van der Waals surface area contributed by atoms with Crippen molar-refractivity contribution in [3.63, 3.8) is 0 Å². The molecule has 2 aromatic carbocycles. The van der Waals surface area contributed by atoms with Gasteiger partial charge in [-0.3, -0.25) is 0 Å². The number of aryl methyl sites for hydroxylation is 1. The third-order valence-corrected chi connectivity index (χ3v) is 2.36. The molecule has 0 saturated heterocycles. The van der Waals surface area contributed by atoms with Crippen LogP contribution in [0.2, 0.25) is 0 Å². The third kappa shape index (κ3) is 8.14. The van der Waals surface area contributed by atoms with Crippen LogP contribution in [-0.2, 0) is 0 Å². The van der Waals surface area contributed by atoms with Crippen LogP contribution < -0.4 is 5.73 Å². The first kappa shape index (κ1) is 17.4. The van der Waals surface area contributed by atoms with E-state index in [1.54, 1.807) is 0 Å². The van der Waals surface area contributed by atoms with Gasteiger partial charge in [-0.25, -0.2) is 0 Å². The van der Waals surface area contributed by atoms with E-state index in [0.717, 1.165) is 5.56 Å². The van der Waals surface area contributed by atoms with Crippen molar-refractivity contribution < 1.29 is 5.11 Å². The monoisotopic (exact) mass is 259 g/mol. The van der Waals surface area contributed by atoms with Gasteiger partial charge in [-0.2, -0.15) is 0 Å². The molecule has 2 nitrogen and oxygen atoms in total. The molecule has 0 radical (unpaired) electrons. The average Bonchev–Trinajstić information content (AvgIpc) is 2.51. The van der Waals surface area contributed by atoms with Crippen molar-refractivity contribution in [3.8, 4) is 0 Å². The number of nitrogens with two attached hydrogens (primary N) is 1. The second-order valence-electron chi connectivity index (χ2n) is 3.85. The van der Waals surface area contributed by atoms with Crippen LogP contribution in [0.25, 0.3) is 0 Å². The summed E-state index contributed by atoms with van der Waals surface area (Å²) in [5, 5.41) is 8.66. The van der Waals surface area contributed by atoms with Gasteiger partial charge in [-0.1, -0.05) is 80.1 Å². The Morgan fingerprint density at radius 3 is 1.63 bits per heavy atom. The fourth-order valence-electron chi connectivity index (χ4n) is 1.34. The van der Waals surface area contributed by atoms with Gasteiger partial charge in [0.05, 0.1) is 12.6 Å². The lowest BCUT2D eigenvalue weighted by Gasteiger charge is -2.06. The molecule has 0 heterocycles. The molecule has 0 saturated carbocycles. The lowest BCUT2D eigenvalue weighted by molar-refractivity contribution is 0.268. The minimum absolute atomic E-state index is 0.00398. The van der Waals surface area contributed by atoms with Crippen molar-refractivity contribution in [2.45, 2.75) is 26.8 Å². The molecular formula is C17H25NO. The van der Waals surface area contributed by atoms with E-state index in [4.69, 9.17) is 10.8 Å². The molecule has 0 spiro atoms. The van der Waals surface area contributed by atoms with Crippen LogP contribution in [0.1, 0.15) is 31.0 Å². The zero-order valence-electron chi connectivity index (χ0n) is 12.1. The molecule has 19 heavy (non-hydrogen) atoms. The summed E-state index contributed by atoms with van der Waals surface area (Å²) in [4.78, 5) is 0. The van der Waals surface area contributed by atoms with Crippen molar-refractivity contribution in [2.75, 3.05) is 6.61 Å². The standard InChI is InChI=1S/C8H11NO.C7H8.C2H6/c9-8(6-10)7-4-2-1-3-5-7;1-7-5-3-2-4-6-7;1-2/h1-5,8,10H,6,9H2;2-6H,1H3;1-2H3. The first-order chi connectivity index (χ1) is 9.24. The van der Waals surface area contributed by atoms with Crippen LogP contribution in [0.3, 0.4) is 0 Å². The van der Waals surface area contributed by atoms with Crippen LogP contribution in [0.4, 0.5) is 0 Å². The normalized spacial score (nSPS) is 10.4. The van der Waals surface area contributed by atoms with Gasteiger partial charge in [0, 0.05) is 0 Å². The summed E-state index contributed by atoms with van der Waals surface area (Å²) in [7, 11) is 0. The fourth-order valence-corrected chi connectivity index (χ4v) is 1.34. The number of benzene rings is 2. The van der Waals surface area contributed by atoms with E-state index in [-0.39, 0.29) is 12.6 Å². The smallest absolute Gasteiger partial charge is 0.0624 e. The molecule has 2 heteroatoms. The highest BCUT2D eigenvalue weighted by atomic mass is 16.3. The number of rotatable bonds is 2. The summed E-state index contributed by atoms with van der Waals surface area (Å²) in [6.45, 7) is 6.09. The molecule has 0 amide bonds. The highest BCUT2D eigenvalue weighted by Crippen LogP contribution is 2.07. The quantitative estimate of drug-likeness (QED) is 0.863. The topological polar surface area (TPSA) is 46.2 Å². The van der Waals surface area contributed by atoms with E-state index in [0.29, 0.717) is 0 Å². The van der Waals surface area contributed by atoms with Gasteiger partial charge in [0.2, 0.25) is 0 Å². The minimum atomic E-state index is -0.235. The van der Waals surface area contributed by atoms with Crippen molar-refractivity contribution in [1.29, 1.82) is 0 Å². The molecule has 2 rings (SSSR count). The Balaban J connectivity index is 0.000000316. The first-order valence-electron chi connectivity index (χ1n) is 6.67. The summed E-state index contributed by atoms with van der Waals surface area (Å²) in [6, 6.07) is 19.6. The van der Waals surface area contributed by atoms with E-state index < -0.39 is 0 Å². The van der Waals surface area contributed by atoms with E-state index in [9.17, 15) is 0 Å². The Morgan fingerprint density at radius 1 is 0.895 bits per heavy atom. The van der Waals surface area contributed by atoms with Gasteiger partial charge in [0.1, 0.15) is 0 Å². The maximum atomic E-state index is 8.66. The molecular weight excluding hydrogens is 234 g/mol. The van der Waals surface area contributed by atoms with Crippen molar-refractivity contribution in [1.82, 2.24) is 0 Å².